The molecular formula is C15H14Br2FN. The Morgan fingerprint density at radius 2 is 1.63 bits per heavy atom. The Kier molecular flexibility index (Phi) is 4.43. The first-order valence-electron chi connectivity index (χ1n) is 5.87. The van der Waals surface area contributed by atoms with Gasteiger partial charge >= 0.3 is 0 Å². The molecule has 0 radical (unpaired) electrons. The standard InChI is InChI=1S/C15H14Br2FN/c1-15(19,11-3-6-12(16)7-4-11)9-10-2-5-13(17)8-14(10)18/h2-8H,9,19H2,1H3. The van der Waals surface area contributed by atoms with Crippen LogP contribution in [0.2, 0.25) is 0 Å². The van der Waals surface area contributed by atoms with Crippen LogP contribution in [-0.4, -0.2) is 0 Å². The van der Waals surface area contributed by atoms with Crippen LogP contribution in [0.5, 0.6) is 0 Å². The summed E-state index contributed by atoms with van der Waals surface area (Å²) < 4.78 is 15.6. The highest BCUT2D eigenvalue weighted by atomic mass is 79.9. The Labute approximate surface area is 129 Å². The molecule has 0 saturated heterocycles. The molecule has 2 N–H and O–H groups in total. The van der Waals surface area contributed by atoms with Gasteiger partial charge in [0.05, 0.1) is 0 Å². The topological polar surface area (TPSA) is 26.0 Å². The van der Waals surface area contributed by atoms with E-state index in [1.165, 1.54) is 6.07 Å². The van der Waals surface area contributed by atoms with E-state index in [1.54, 1.807) is 6.07 Å². The fourth-order valence-electron chi connectivity index (χ4n) is 1.99. The largest absolute Gasteiger partial charge is 0.321 e. The van der Waals surface area contributed by atoms with Crippen molar-refractivity contribution in [2.75, 3.05) is 0 Å². The molecule has 2 aromatic carbocycles. The van der Waals surface area contributed by atoms with Crippen molar-refractivity contribution in [1.82, 2.24) is 0 Å². The van der Waals surface area contributed by atoms with E-state index in [-0.39, 0.29) is 5.82 Å². The van der Waals surface area contributed by atoms with Crippen molar-refractivity contribution in [3.8, 4) is 0 Å². The van der Waals surface area contributed by atoms with E-state index in [4.69, 9.17) is 5.73 Å². The summed E-state index contributed by atoms with van der Waals surface area (Å²) in [4.78, 5) is 0. The molecule has 2 rings (SSSR count). The summed E-state index contributed by atoms with van der Waals surface area (Å²) in [5.41, 5.74) is 7.34. The minimum atomic E-state index is -0.602. The van der Waals surface area contributed by atoms with Crippen molar-refractivity contribution < 1.29 is 4.39 Å². The van der Waals surface area contributed by atoms with Crippen LogP contribution >= 0.6 is 31.9 Å². The summed E-state index contributed by atoms with van der Waals surface area (Å²) in [7, 11) is 0. The summed E-state index contributed by atoms with van der Waals surface area (Å²) in [6.07, 6.45) is 0.452. The average Bonchev–Trinajstić information content (AvgIpc) is 2.33. The van der Waals surface area contributed by atoms with Crippen molar-refractivity contribution in [3.63, 3.8) is 0 Å². The van der Waals surface area contributed by atoms with E-state index in [0.717, 1.165) is 14.5 Å². The molecule has 100 valence electrons. The molecule has 1 atom stereocenters. The van der Waals surface area contributed by atoms with Crippen molar-refractivity contribution in [3.05, 3.63) is 68.4 Å². The normalized spacial score (nSPS) is 14.2. The molecule has 1 nitrogen and oxygen atoms in total. The van der Waals surface area contributed by atoms with Gasteiger partial charge in [-0.2, -0.15) is 0 Å². The highest BCUT2D eigenvalue weighted by molar-refractivity contribution is 9.10. The second kappa shape index (κ2) is 5.73. The molecule has 0 aliphatic rings. The van der Waals surface area contributed by atoms with Gasteiger partial charge in [-0.1, -0.05) is 50.1 Å². The van der Waals surface area contributed by atoms with Crippen LogP contribution < -0.4 is 5.73 Å². The van der Waals surface area contributed by atoms with Gasteiger partial charge in [0.1, 0.15) is 5.82 Å². The first-order valence-corrected chi connectivity index (χ1v) is 7.46. The van der Waals surface area contributed by atoms with E-state index in [9.17, 15) is 4.39 Å². The van der Waals surface area contributed by atoms with Crippen LogP contribution in [0.3, 0.4) is 0 Å². The Hall–Kier alpha value is -0.710. The van der Waals surface area contributed by atoms with Crippen LogP contribution in [0, 0.1) is 5.82 Å². The van der Waals surface area contributed by atoms with Gasteiger partial charge < -0.3 is 5.73 Å². The van der Waals surface area contributed by atoms with Crippen molar-refractivity contribution in [2.45, 2.75) is 18.9 Å². The van der Waals surface area contributed by atoms with Crippen molar-refractivity contribution >= 4 is 31.9 Å². The van der Waals surface area contributed by atoms with Gasteiger partial charge in [0.25, 0.3) is 0 Å². The maximum atomic E-state index is 13.9. The first kappa shape index (κ1) is 14.7. The number of halogens is 3. The van der Waals surface area contributed by atoms with Gasteiger partial charge in [0, 0.05) is 14.5 Å². The lowest BCUT2D eigenvalue weighted by molar-refractivity contribution is 0.475. The maximum absolute atomic E-state index is 13.9. The monoisotopic (exact) mass is 385 g/mol. The molecule has 0 fully saturated rings. The summed E-state index contributed by atoms with van der Waals surface area (Å²) in [5.74, 6) is -0.233. The van der Waals surface area contributed by atoms with Crippen LogP contribution in [-0.2, 0) is 12.0 Å². The molecule has 0 amide bonds. The lowest BCUT2D eigenvalue weighted by atomic mass is 9.86. The van der Waals surface area contributed by atoms with Crippen LogP contribution in [0.15, 0.2) is 51.4 Å². The molecule has 0 aliphatic heterocycles. The zero-order chi connectivity index (χ0) is 14.0. The summed E-state index contributed by atoms with van der Waals surface area (Å²) in [6, 6.07) is 12.9. The molecule has 19 heavy (non-hydrogen) atoms. The number of hydrogen-bond acceptors (Lipinski definition) is 1. The quantitative estimate of drug-likeness (QED) is 0.807. The molecule has 1 unspecified atom stereocenters. The minimum absolute atomic E-state index is 0.233. The molecule has 0 aromatic heterocycles. The molecule has 4 heteroatoms. The van der Waals surface area contributed by atoms with Gasteiger partial charge in [0.2, 0.25) is 0 Å². The van der Waals surface area contributed by atoms with E-state index in [0.29, 0.717) is 12.0 Å². The lowest BCUT2D eigenvalue weighted by Gasteiger charge is -2.25. The van der Waals surface area contributed by atoms with Gasteiger partial charge in [-0.05, 0) is 48.7 Å². The third kappa shape index (κ3) is 3.65. The minimum Gasteiger partial charge on any atom is -0.321 e. The molecule has 0 heterocycles. The second-order valence-electron chi connectivity index (χ2n) is 4.84. The van der Waals surface area contributed by atoms with Crippen LogP contribution in [0.1, 0.15) is 18.1 Å². The first-order chi connectivity index (χ1) is 8.88. The van der Waals surface area contributed by atoms with Gasteiger partial charge in [0.15, 0.2) is 0 Å². The fraction of sp³-hybridized carbons (Fsp3) is 0.200. The Bertz CT molecular complexity index is 579. The molecule has 2 aromatic rings. The summed E-state index contributed by atoms with van der Waals surface area (Å²) >= 11 is 6.64. The van der Waals surface area contributed by atoms with Gasteiger partial charge in [-0.3, -0.25) is 0 Å². The molecular weight excluding hydrogens is 373 g/mol. The zero-order valence-electron chi connectivity index (χ0n) is 10.5. The summed E-state index contributed by atoms with van der Waals surface area (Å²) in [5, 5.41) is 0. The van der Waals surface area contributed by atoms with Crippen molar-refractivity contribution in [2.24, 2.45) is 5.73 Å². The van der Waals surface area contributed by atoms with E-state index < -0.39 is 5.54 Å². The molecule has 0 spiro atoms. The van der Waals surface area contributed by atoms with Crippen molar-refractivity contribution in [1.29, 1.82) is 0 Å². The number of benzene rings is 2. The predicted octanol–water partition coefficient (Wildman–Crippen LogP) is 4.77. The number of rotatable bonds is 3. The second-order valence-corrected chi connectivity index (χ2v) is 6.67. The van der Waals surface area contributed by atoms with E-state index in [2.05, 4.69) is 31.9 Å². The van der Waals surface area contributed by atoms with Crippen LogP contribution in [0.25, 0.3) is 0 Å². The molecule has 0 aliphatic carbocycles. The smallest absolute Gasteiger partial charge is 0.127 e. The predicted molar refractivity (Wildman–Crippen MR) is 83.5 cm³/mol. The third-order valence-corrected chi connectivity index (χ3v) is 4.10. The number of hydrogen-bond donors (Lipinski definition) is 1. The third-order valence-electron chi connectivity index (χ3n) is 3.08. The lowest BCUT2D eigenvalue weighted by Crippen LogP contribution is -2.35. The number of nitrogens with two attached hydrogens (primary N) is 1. The van der Waals surface area contributed by atoms with E-state index >= 15 is 0 Å². The van der Waals surface area contributed by atoms with E-state index in [1.807, 2.05) is 37.3 Å². The Balaban J connectivity index is 2.27. The highest BCUT2D eigenvalue weighted by Crippen LogP contribution is 2.26. The van der Waals surface area contributed by atoms with Crippen LogP contribution in [0.4, 0.5) is 4.39 Å². The van der Waals surface area contributed by atoms with Gasteiger partial charge in [-0.15, -0.1) is 0 Å². The molecule has 0 bridgehead atoms. The fourth-order valence-corrected chi connectivity index (χ4v) is 2.59. The van der Waals surface area contributed by atoms with Gasteiger partial charge in [-0.25, -0.2) is 4.39 Å². The Morgan fingerprint density at radius 3 is 2.21 bits per heavy atom. The maximum Gasteiger partial charge on any atom is 0.127 e. The Morgan fingerprint density at radius 1 is 1.05 bits per heavy atom. The highest BCUT2D eigenvalue weighted by Gasteiger charge is 2.23. The average molecular weight is 387 g/mol. The molecule has 0 saturated carbocycles. The SMILES string of the molecule is CC(N)(Cc1ccc(Br)cc1F)c1ccc(Br)cc1. The zero-order valence-corrected chi connectivity index (χ0v) is 13.6. The summed E-state index contributed by atoms with van der Waals surface area (Å²) in [6.45, 7) is 1.91.